The van der Waals surface area contributed by atoms with Crippen molar-refractivity contribution in [1.29, 1.82) is 0 Å². The molecule has 1 amide bonds. The fourth-order valence-electron chi connectivity index (χ4n) is 7.05. The third kappa shape index (κ3) is 7.13. The van der Waals surface area contributed by atoms with Crippen molar-refractivity contribution in [1.82, 2.24) is 9.80 Å². The zero-order valence-electron chi connectivity index (χ0n) is 25.7. The number of Topliss-reactive ketones (excluding diaryl/α,β-unsaturated/α-hetero) is 1. The summed E-state index contributed by atoms with van der Waals surface area (Å²) in [7, 11) is 0. The summed E-state index contributed by atoms with van der Waals surface area (Å²) in [5, 5.41) is 8.81. The van der Waals surface area contributed by atoms with Gasteiger partial charge >= 0.3 is 5.97 Å². The van der Waals surface area contributed by atoms with Gasteiger partial charge in [-0.2, -0.15) is 0 Å². The number of amidine groups is 1. The van der Waals surface area contributed by atoms with Crippen LogP contribution in [0.4, 0.5) is 0 Å². The van der Waals surface area contributed by atoms with Gasteiger partial charge in [0.2, 0.25) is 0 Å². The van der Waals surface area contributed by atoms with Crippen molar-refractivity contribution in [3.8, 4) is 0 Å². The molecular formula is C34H50N4O4. The molecule has 2 aliphatic heterocycles. The smallest absolute Gasteiger partial charge is 0.303 e. The Morgan fingerprint density at radius 2 is 1.76 bits per heavy atom. The van der Waals surface area contributed by atoms with Crippen molar-refractivity contribution in [2.45, 2.75) is 121 Å². The quantitative estimate of drug-likeness (QED) is 0.162. The Labute approximate surface area is 251 Å². The average Bonchev–Trinajstić information content (AvgIpc) is 3.27. The molecule has 1 aromatic rings. The van der Waals surface area contributed by atoms with Crippen LogP contribution in [-0.2, 0) is 9.59 Å². The molecule has 2 atom stereocenters. The van der Waals surface area contributed by atoms with Gasteiger partial charge in [0.15, 0.2) is 11.6 Å². The molecule has 42 heavy (non-hydrogen) atoms. The third-order valence-electron chi connectivity index (χ3n) is 9.72. The summed E-state index contributed by atoms with van der Waals surface area (Å²) in [5.74, 6) is 0.232. The zero-order chi connectivity index (χ0) is 30.3. The Balaban J connectivity index is 1.56. The lowest BCUT2D eigenvalue weighted by Crippen LogP contribution is -2.54. The minimum absolute atomic E-state index is 0.0366. The highest BCUT2D eigenvalue weighted by molar-refractivity contribution is 6.39. The summed E-state index contributed by atoms with van der Waals surface area (Å²) >= 11 is 0. The van der Waals surface area contributed by atoms with E-state index in [9.17, 15) is 14.4 Å². The summed E-state index contributed by atoms with van der Waals surface area (Å²) in [6.45, 7) is 9.91. The highest BCUT2D eigenvalue weighted by Gasteiger charge is 2.53. The second kappa shape index (κ2) is 14.0. The number of hydrogen-bond donors (Lipinski definition) is 2. The third-order valence-corrected chi connectivity index (χ3v) is 9.72. The molecular weight excluding hydrogens is 528 g/mol. The minimum atomic E-state index is -0.798. The number of unbranched alkanes of at least 4 members (excludes halogenated alkanes) is 2. The van der Waals surface area contributed by atoms with Gasteiger partial charge in [-0.05, 0) is 82.6 Å². The molecule has 8 heteroatoms. The molecule has 0 bridgehead atoms. The van der Waals surface area contributed by atoms with Crippen LogP contribution >= 0.6 is 0 Å². The number of benzene rings is 1. The van der Waals surface area contributed by atoms with Gasteiger partial charge in [0, 0.05) is 37.0 Å². The number of rotatable bonds is 13. The highest BCUT2D eigenvalue weighted by Crippen LogP contribution is 2.48. The Hall–Kier alpha value is -3.00. The highest BCUT2D eigenvalue weighted by atomic mass is 16.4. The monoisotopic (exact) mass is 578 g/mol. The summed E-state index contributed by atoms with van der Waals surface area (Å²) in [5.41, 5.74) is 7.25. The number of amides is 1. The zero-order valence-corrected chi connectivity index (χ0v) is 25.7. The normalized spacial score (nSPS) is 24.8. The lowest BCUT2D eigenvalue weighted by atomic mass is 9.72. The van der Waals surface area contributed by atoms with Crippen molar-refractivity contribution < 1.29 is 19.5 Å². The standard InChI is InChI=1S/C34H50N4O4/c1-4-12-28(25-15-17-26(18-16-25)29(39)13-8-6-9-14-30(40)41)38-32(42)31(37-23-10-7-11-24-37)36-34(38)21-19-27(20-22-34)33(3,35)5-2/h5,15-18,27-28H,2,4,6-14,19-24,35H2,1,3H3,(H,40,41). The number of piperidine rings is 1. The second-order valence-corrected chi connectivity index (χ2v) is 12.8. The van der Waals surface area contributed by atoms with E-state index in [2.05, 4.69) is 23.3 Å². The summed E-state index contributed by atoms with van der Waals surface area (Å²) < 4.78 is 0. The Kier molecular flexibility index (Phi) is 10.6. The first kappa shape index (κ1) is 31.9. The molecule has 1 spiro atoms. The van der Waals surface area contributed by atoms with E-state index in [1.54, 1.807) is 0 Å². The van der Waals surface area contributed by atoms with E-state index in [0.29, 0.717) is 36.6 Å². The number of nitrogens with zero attached hydrogens (tertiary/aromatic N) is 3. The fourth-order valence-corrected chi connectivity index (χ4v) is 7.05. The Morgan fingerprint density at radius 3 is 2.36 bits per heavy atom. The molecule has 0 radical (unpaired) electrons. The maximum Gasteiger partial charge on any atom is 0.303 e. The van der Waals surface area contributed by atoms with Gasteiger partial charge in [0.05, 0.1) is 6.04 Å². The van der Waals surface area contributed by atoms with Gasteiger partial charge in [-0.25, -0.2) is 4.99 Å². The molecule has 1 aromatic carbocycles. The van der Waals surface area contributed by atoms with E-state index in [0.717, 1.165) is 76.4 Å². The largest absolute Gasteiger partial charge is 0.481 e. The lowest BCUT2D eigenvalue weighted by molar-refractivity contribution is -0.137. The van der Waals surface area contributed by atoms with Crippen LogP contribution in [0.25, 0.3) is 0 Å². The van der Waals surface area contributed by atoms with Crippen LogP contribution in [0, 0.1) is 5.92 Å². The maximum atomic E-state index is 14.3. The number of aliphatic carboxylic acids is 1. The first-order valence-electron chi connectivity index (χ1n) is 16.1. The second-order valence-electron chi connectivity index (χ2n) is 12.8. The molecule has 3 N–H and O–H groups in total. The summed E-state index contributed by atoms with van der Waals surface area (Å²) in [6.07, 6.45) is 12.8. The molecule has 1 aliphatic carbocycles. The van der Waals surface area contributed by atoms with Gasteiger partial charge < -0.3 is 20.6 Å². The first-order valence-corrected chi connectivity index (χ1v) is 16.1. The number of carboxylic acids is 1. The maximum absolute atomic E-state index is 14.3. The molecule has 2 fully saturated rings. The number of ketones is 1. The van der Waals surface area contributed by atoms with E-state index in [4.69, 9.17) is 15.8 Å². The van der Waals surface area contributed by atoms with Crippen LogP contribution < -0.4 is 5.73 Å². The van der Waals surface area contributed by atoms with E-state index < -0.39 is 17.2 Å². The molecule has 8 nitrogen and oxygen atoms in total. The Morgan fingerprint density at radius 1 is 1.12 bits per heavy atom. The van der Waals surface area contributed by atoms with Gasteiger partial charge in [-0.3, -0.25) is 14.4 Å². The number of hydrogen-bond acceptors (Lipinski definition) is 6. The predicted molar refractivity (Wildman–Crippen MR) is 166 cm³/mol. The fraction of sp³-hybridized carbons (Fsp3) is 0.647. The van der Waals surface area contributed by atoms with E-state index in [1.807, 2.05) is 37.3 Å². The number of carbonyl (C=O) groups is 3. The number of carbonyl (C=O) groups excluding carboxylic acids is 2. The van der Waals surface area contributed by atoms with Crippen LogP contribution in [0.5, 0.6) is 0 Å². The molecule has 4 rings (SSSR count). The molecule has 230 valence electrons. The lowest BCUT2D eigenvalue weighted by Gasteiger charge is -2.47. The summed E-state index contributed by atoms with van der Waals surface area (Å²) in [6, 6.07) is 7.67. The van der Waals surface area contributed by atoms with Gasteiger partial charge in [0.25, 0.3) is 5.91 Å². The summed E-state index contributed by atoms with van der Waals surface area (Å²) in [4.78, 5) is 47.5. The average molecular weight is 579 g/mol. The van der Waals surface area contributed by atoms with Crippen molar-refractivity contribution in [3.63, 3.8) is 0 Å². The van der Waals surface area contributed by atoms with Crippen molar-refractivity contribution >= 4 is 23.5 Å². The van der Waals surface area contributed by atoms with E-state index >= 15 is 0 Å². The molecule has 1 saturated carbocycles. The molecule has 2 heterocycles. The van der Waals surface area contributed by atoms with Gasteiger partial charge in [-0.1, -0.05) is 50.1 Å². The number of aliphatic imine (C=N–C) groups is 1. The Bertz CT molecular complexity index is 1140. The minimum Gasteiger partial charge on any atom is -0.481 e. The molecule has 0 aromatic heterocycles. The topological polar surface area (TPSA) is 116 Å². The van der Waals surface area contributed by atoms with Crippen molar-refractivity contribution in [2.75, 3.05) is 13.1 Å². The van der Waals surface area contributed by atoms with Crippen LogP contribution in [0.3, 0.4) is 0 Å². The molecule has 2 unspecified atom stereocenters. The van der Waals surface area contributed by atoms with Gasteiger partial charge in [0.1, 0.15) is 5.66 Å². The number of nitrogens with two attached hydrogens (primary N) is 1. The molecule has 3 aliphatic rings. The van der Waals surface area contributed by atoms with Gasteiger partial charge in [-0.15, -0.1) is 6.58 Å². The van der Waals surface area contributed by atoms with Crippen LogP contribution in [0.1, 0.15) is 126 Å². The molecule has 1 saturated heterocycles. The number of carboxylic acid groups (broad SMARTS) is 1. The van der Waals surface area contributed by atoms with E-state index in [-0.39, 0.29) is 24.2 Å². The van der Waals surface area contributed by atoms with Crippen LogP contribution in [0.15, 0.2) is 41.9 Å². The first-order chi connectivity index (χ1) is 20.1. The van der Waals surface area contributed by atoms with E-state index in [1.165, 1.54) is 6.42 Å². The van der Waals surface area contributed by atoms with Crippen LogP contribution in [0.2, 0.25) is 0 Å². The number of likely N-dealkylation sites (tertiary alicyclic amines) is 1. The van der Waals surface area contributed by atoms with Crippen molar-refractivity contribution in [2.24, 2.45) is 16.6 Å². The SMILES string of the molecule is C=CC(C)(N)C1CCC2(CC1)N=C(N1CCCCC1)C(=O)N2C(CCC)c1ccc(C(=O)CCCCCC(=O)O)cc1. The van der Waals surface area contributed by atoms with Crippen molar-refractivity contribution in [3.05, 3.63) is 48.0 Å². The predicted octanol–water partition coefficient (Wildman–Crippen LogP) is 6.26. The van der Waals surface area contributed by atoms with Crippen LogP contribution in [-0.4, -0.2) is 62.7 Å².